The molecule has 4 nitrogen and oxygen atoms in total. The van der Waals surface area contributed by atoms with E-state index in [0.29, 0.717) is 6.04 Å². The molecular formula is C20H38N4. The van der Waals surface area contributed by atoms with Crippen molar-refractivity contribution >= 4 is 5.96 Å². The Hall–Kier alpha value is -0.770. The Morgan fingerprint density at radius 3 is 2.38 bits per heavy atom. The Morgan fingerprint density at radius 1 is 1.04 bits per heavy atom. The van der Waals surface area contributed by atoms with E-state index >= 15 is 0 Å². The second kappa shape index (κ2) is 8.55. The molecule has 0 aromatic heterocycles. The molecule has 4 heteroatoms. The van der Waals surface area contributed by atoms with E-state index in [0.717, 1.165) is 30.8 Å². The quantitative estimate of drug-likeness (QED) is 0.633. The standard InChI is InChI=1S/C20H38N4/c1-4-21-20(24-14-18-9-5-6-10-19(18)15-24)22-12-17-8-7-11-23(13-17)16(2)3/h16-19H,4-15H2,1-3H3,(H,21,22). The molecule has 0 aromatic carbocycles. The normalized spacial score (nSPS) is 32.2. The van der Waals surface area contributed by atoms with Crippen LogP contribution in [-0.4, -0.2) is 61.1 Å². The van der Waals surface area contributed by atoms with Gasteiger partial charge in [-0.05, 0) is 70.8 Å². The van der Waals surface area contributed by atoms with Gasteiger partial charge < -0.3 is 15.1 Å². The predicted molar refractivity (Wildman–Crippen MR) is 102 cm³/mol. The number of guanidine groups is 1. The van der Waals surface area contributed by atoms with E-state index in [4.69, 9.17) is 4.99 Å². The highest BCUT2D eigenvalue weighted by Crippen LogP contribution is 2.36. The van der Waals surface area contributed by atoms with E-state index in [-0.39, 0.29) is 0 Å². The highest BCUT2D eigenvalue weighted by atomic mass is 15.3. The van der Waals surface area contributed by atoms with Crippen molar-refractivity contribution in [3.05, 3.63) is 0 Å². The number of nitrogens with zero attached hydrogens (tertiary/aromatic N) is 3. The fraction of sp³-hybridized carbons (Fsp3) is 0.950. The Morgan fingerprint density at radius 2 is 1.75 bits per heavy atom. The van der Waals surface area contributed by atoms with Gasteiger partial charge in [0, 0.05) is 38.8 Å². The fourth-order valence-electron chi connectivity index (χ4n) is 4.94. The molecule has 3 fully saturated rings. The molecule has 1 saturated carbocycles. The summed E-state index contributed by atoms with van der Waals surface area (Å²) in [7, 11) is 0. The Balaban J connectivity index is 1.57. The molecular weight excluding hydrogens is 296 g/mol. The number of nitrogens with one attached hydrogen (secondary N) is 1. The van der Waals surface area contributed by atoms with Crippen molar-refractivity contribution in [1.29, 1.82) is 0 Å². The molecule has 3 rings (SSSR count). The molecule has 0 bridgehead atoms. The summed E-state index contributed by atoms with van der Waals surface area (Å²) in [6.45, 7) is 13.8. The molecule has 3 aliphatic rings. The lowest BCUT2D eigenvalue weighted by Gasteiger charge is -2.35. The van der Waals surface area contributed by atoms with E-state index < -0.39 is 0 Å². The number of rotatable bonds is 4. The van der Waals surface area contributed by atoms with Crippen LogP contribution in [0.3, 0.4) is 0 Å². The molecule has 24 heavy (non-hydrogen) atoms. The topological polar surface area (TPSA) is 30.9 Å². The van der Waals surface area contributed by atoms with E-state index in [1.165, 1.54) is 70.7 Å². The molecule has 2 saturated heterocycles. The lowest BCUT2D eigenvalue weighted by Crippen LogP contribution is -2.43. The number of likely N-dealkylation sites (tertiary alicyclic amines) is 2. The molecule has 0 aromatic rings. The average Bonchev–Trinajstić information content (AvgIpc) is 3.02. The minimum absolute atomic E-state index is 0.673. The van der Waals surface area contributed by atoms with Crippen molar-refractivity contribution in [1.82, 2.24) is 15.1 Å². The van der Waals surface area contributed by atoms with Gasteiger partial charge in [-0.15, -0.1) is 0 Å². The van der Waals surface area contributed by atoms with Crippen molar-refractivity contribution in [2.45, 2.75) is 65.3 Å². The van der Waals surface area contributed by atoms with Crippen molar-refractivity contribution < 1.29 is 0 Å². The molecule has 3 atom stereocenters. The van der Waals surface area contributed by atoms with Gasteiger partial charge in [-0.1, -0.05) is 12.8 Å². The first-order valence-corrected chi connectivity index (χ1v) is 10.4. The van der Waals surface area contributed by atoms with Gasteiger partial charge in [0.1, 0.15) is 0 Å². The maximum Gasteiger partial charge on any atom is 0.193 e. The highest BCUT2D eigenvalue weighted by Gasteiger charge is 2.35. The number of hydrogen-bond donors (Lipinski definition) is 1. The second-order valence-electron chi connectivity index (χ2n) is 8.50. The van der Waals surface area contributed by atoms with Gasteiger partial charge in [-0.25, -0.2) is 0 Å². The molecule has 0 spiro atoms. The zero-order valence-corrected chi connectivity index (χ0v) is 16.1. The monoisotopic (exact) mass is 334 g/mol. The minimum Gasteiger partial charge on any atom is -0.357 e. The lowest BCUT2D eigenvalue weighted by molar-refractivity contribution is 0.143. The van der Waals surface area contributed by atoms with Crippen LogP contribution >= 0.6 is 0 Å². The summed E-state index contributed by atoms with van der Waals surface area (Å²) in [6, 6.07) is 0.673. The van der Waals surface area contributed by atoms with E-state index in [1.807, 2.05) is 0 Å². The first-order valence-electron chi connectivity index (χ1n) is 10.4. The molecule has 2 heterocycles. The van der Waals surface area contributed by atoms with Gasteiger partial charge in [-0.3, -0.25) is 4.99 Å². The maximum absolute atomic E-state index is 5.08. The molecule has 0 amide bonds. The van der Waals surface area contributed by atoms with Crippen LogP contribution in [0.15, 0.2) is 4.99 Å². The van der Waals surface area contributed by atoms with Crippen LogP contribution in [0, 0.1) is 17.8 Å². The van der Waals surface area contributed by atoms with Gasteiger partial charge in [0.05, 0.1) is 0 Å². The smallest absolute Gasteiger partial charge is 0.193 e. The maximum atomic E-state index is 5.08. The number of piperidine rings is 1. The summed E-state index contributed by atoms with van der Waals surface area (Å²) >= 11 is 0. The van der Waals surface area contributed by atoms with E-state index in [1.54, 1.807) is 0 Å². The Bertz CT molecular complexity index is 406. The Kier molecular flexibility index (Phi) is 6.43. The third-order valence-electron chi connectivity index (χ3n) is 6.39. The van der Waals surface area contributed by atoms with Crippen LogP contribution in [0.5, 0.6) is 0 Å². The number of hydrogen-bond acceptors (Lipinski definition) is 2. The average molecular weight is 335 g/mol. The Labute approximate surface area is 149 Å². The van der Waals surface area contributed by atoms with Crippen LogP contribution in [-0.2, 0) is 0 Å². The van der Waals surface area contributed by atoms with Gasteiger partial charge >= 0.3 is 0 Å². The molecule has 138 valence electrons. The largest absolute Gasteiger partial charge is 0.357 e. The first-order chi connectivity index (χ1) is 11.7. The second-order valence-corrected chi connectivity index (χ2v) is 8.50. The van der Waals surface area contributed by atoms with Crippen molar-refractivity contribution in [2.24, 2.45) is 22.7 Å². The summed E-state index contributed by atoms with van der Waals surface area (Å²) in [4.78, 5) is 10.3. The summed E-state index contributed by atoms with van der Waals surface area (Å²) in [5.74, 6) is 3.77. The fourth-order valence-corrected chi connectivity index (χ4v) is 4.94. The van der Waals surface area contributed by atoms with Crippen molar-refractivity contribution in [3.63, 3.8) is 0 Å². The van der Waals surface area contributed by atoms with Crippen LogP contribution in [0.25, 0.3) is 0 Å². The van der Waals surface area contributed by atoms with Crippen molar-refractivity contribution in [2.75, 3.05) is 39.3 Å². The lowest BCUT2D eigenvalue weighted by atomic mass is 9.82. The third kappa shape index (κ3) is 4.44. The van der Waals surface area contributed by atoms with Crippen LogP contribution in [0.1, 0.15) is 59.3 Å². The van der Waals surface area contributed by atoms with E-state index in [2.05, 4.69) is 35.9 Å². The van der Waals surface area contributed by atoms with Crippen molar-refractivity contribution in [3.8, 4) is 0 Å². The third-order valence-corrected chi connectivity index (χ3v) is 6.39. The summed E-state index contributed by atoms with van der Waals surface area (Å²) in [6.07, 6.45) is 8.44. The number of fused-ring (bicyclic) bond motifs is 1. The van der Waals surface area contributed by atoms with Gasteiger partial charge in [0.15, 0.2) is 5.96 Å². The van der Waals surface area contributed by atoms with Crippen LogP contribution < -0.4 is 5.32 Å². The highest BCUT2D eigenvalue weighted by molar-refractivity contribution is 5.80. The molecule has 3 unspecified atom stereocenters. The van der Waals surface area contributed by atoms with E-state index in [9.17, 15) is 0 Å². The van der Waals surface area contributed by atoms with Crippen LogP contribution in [0.4, 0.5) is 0 Å². The molecule has 1 aliphatic carbocycles. The van der Waals surface area contributed by atoms with Gasteiger partial charge in [-0.2, -0.15) is 0 Å². The zero-order valence-electron chi connectivity index (χ0n) is 16.1. The minimum atomic E-state index is 0.673. The van der Waals surface area contributed by atoms with Crippen LogP contribution in [0.2, 0.25) is 0 Å². The predicted octanol–water partition coefficient (Wildman–Crippen LogP) is 3.19. The van der Waals surface area contributed by atoms with Gasteiger partial charge in [0.25, 0.3) is 0 Å². The summed E-state index contributed by atoms with van der Waals surface area (Å²) < 4.78 is 0. The SMILES string of the molecule is CCNC(=NCC1CCCN(C(C)C)C1)N1CC2CCCCC2C1. The molecule has 2 aliphatic heterocycles. The van der Waals surface area contributed by atoms with Gasteiger partial charge in [0.2, 0.25) is 0 Å². The number of aliphatic imine (C=N–C) groups is 1. The zero-order chi connectivity index (χ0) is 16.9. The first kappa shape index (κ1) is 18.0. The molecule has 0 radical (unpaired) electrons. The summed E-state index contributed by atoms with van der Waals surface area (Å²) in [5, 5.41) is 3.57. The molecule has 1 N–H and O–H groups in total. The summed E-state index contributed by atoms with van der Waals surface area (Å²) in [5.41, 5.74) is 0.